The molecule has 1 N–H and O–H groups in total. The third-order valence-electron chi connectivity index (χ3n) is 2.12. The first-order valence-electron chi connectivity index (χ1n) is 6.33. The van der Waals surface area contributed by atoms with Crippen LogP contribution >= 0.6 is 40.6 Å². The van der Waals surface area contributed by atoms with E-state index in [4.69, 9.17) is 33.1 Å². The van der Waals surface area contributed by atoms with Gasteiger partial charge in [0.25, 0.3) is 0 Å². The topological polar surface area (TPSA) is 64.4 Å². The van der Waals surface area contributed by atoms with E-state index in [1.807, 2.05) is 27.7 Å². The second-order valence-electron chi connectivity index (χ2n) is 4.76. The second-order valence-corrected chi connectivity index (χ2v) is 12.6. The molecule has 0 radical (unpaired) electrons. The minimum atomic E-state index is -2.41. The lowest BCUT2D eigenvalue weighted by Gasteiger charge is -2.25. The van der Waals surface area contributed by atoms with E-state index in [1.165, 1.54) is 22.7 Å². The third-order valence-corrected chi connectivity index (χ3v) is 8.56. The van der Waals surface area contributed by atoms with Crippen LogP contribution in [0.15, 0.2) is 0 Å². The van der Waals surface area contributed by atoms with E-state index in [2.05, 4.69) is 15.3 Å². The molecule has 0 fully saturated rings. The number of aromatic amines is 1. The molecule has 0 unspecified atom stereocenters. The minimum absolute atomic E-state index is 0.0208. The molecule has 11 heteroatoms. The number of H-pyrrole nitrogens is 1. The Labute approximate surface area is 141 Å². The van der Waals surface area contributed by atoms with Crippen molar-refractivity contribution in [2.24, 2.45) is 0 Å². The van der Waals surface area contributed by atoms with Gasteiger partial charge in [-0.15, -0.1) is 10.2 Å². The Morgan fingerprint density at radius 1 is 1.29 bits per heavy atom. The van der Waals surface area contributed by atoms with Crippen molar-refractivity contribution in [3.05, 3.63) is 9.78 Å². The Morgan fingerprint density at radius 3 is 2.48 bits per heavy atom. The van der Waals surface area contributed by atoms with Crippen molar-refractivity contribution < 1.29 is 9.05 Å². The molecule has 0 spiro atoms. The van der Waals surface area contributed by atoms with Crippen molar-refractivity contribution >= 4 is 57.4 Å². The highest BCUT2D eigenvalue weighted by molar-refractivity contribution is 8.67. The first kappa shape index (κ1) is 17.5. The molecule has 2 aromatic heterocycles. The maximum absolute atomic E-state index is 5.85. The number of fused-ring (bicyclic) bond motifs is 1. The lowest BCUT2D eigenvalue weighted by atomic mass is 10.5. The van der Waals surface area contributed by atoms with Gasteiger partial charge >= 0.3 is 0 Å². The molecule has 2 heterocycles. The largest absolute Gasteiger partial charge is 0.319 e. The molecule has 0 aromatic carbocycles. The predicted octanol–water partition coefficient (Wildman–Crippen LogP) is 4.16. The first-order valence-corrected chi connectivity index (χ1v) is 11.8. The van der Waals surface area contributed by atoms with Gasteiger partial charge in [-0.2, -0.15) is 0 Å². The number of nitrogens with zero attached hydrogens (tertiary/aromatic N) is 3. The molecule has 0 aliphatic carbocycles. The van der Waals surface area contributed by atoms with E-state index in [0.29, 0.717) is 9.71 Å². The molecular weight excluding hydrogens is 367 g/mol. The summed E-state index contributed by atoms with van der Waals surface area (Å²) in [6, 6.07) is 0. The van der Waals surface area contributed by atoms with Gasteiger partial charge in [0.2, 0.25) is 10.7 Å². The van der Waals surface area contributed by atoms with Gasteiger partial charge in [0, 0.05) is 0 Å². The lowest BCUT2D eigenvalue weighted by Crippen LogP contribution is -2.06. The van der Waals surface area contributed by atoms with Gasteiger partial charge in [0.15, 0.2) is 9.78 Å². The lowest BCUT2D eigenvalue weighted by molar-refractivity contribution is 0.186. The average molecular weight is 385 g/mol. The molecule has 6 nitrogen and oxygen atoms in total. The fraction of sp³-hybridized carbons (Fsp3) is 0.700. The molecule has 118 valence electrons. The van der Waals surface area contributed by atoms with Gasteiger partial charge in [0.05, 0.1) is 18.0 Å². The van der Waals surface area contributed by atoms with Crippen molar-refractivity contribution in [2.45, 2.75) is 45.7 Å². The SMILES string of the molecule is CC(C)OP(=S)(OC(C)C)SCc1nnc2sc(=S)[nH]n12. The number of aromatic nitrogens is 4. The van der Waals surface area contributed by atoms with E-state index in [9.17, 15) is 0 Å². The van der Waals surface area contributed by atoms with Crippen molar-refractivity contribution in [1.82, 2.24) is 19.8 Å². The van der Waals surface area contributed by atoms with Crippen LogP contribution in [-0.4, -0.2) is 32.0 Å². The molecule has 2 aromatic rings. The summed E-state index contributed by atoms with van der Waals surface area (Å²) < 4.78 is 14.1. The van der Waals surface area contributed by atoms with Gasteiger partial charge in [-0.1, -0.05) is 22.7 Å². The van der Waals surface area contributed by atoms with Crippen LogP contribution in [0.5, 0.6) is 0 Å². The van der Waals surface area contributed by atoms with Crippen LogP contribution in [0.1, 0.15) is 33.5 Å². The highest BCUT2D eigenvalue weighted by Crippen LogP contribution is 2.63. The molecule has 0 saturated carbocycles. The smallest absolute Gasteiger partial charge is 0.248 e. The molecule has 0 bridgehead atoms. The first-order chi connectivity index (χ1) is 9.79. The van der Waals surface area contributed by atoms with Gasteiger partial charge < -0.3 is 9.05 Å². The van der Waals surface area contributed by atoms with Gasteiger partial charge in [-0.3, -0.25) is 5.10 Å². The summed E-state index contributed by atoms with van der Waals surface area (Å²) >= 11 is 13.6. The molecule has 21 heavy (non-hydrogen) atoms. The second kappa shape index (κ2) is 7.16. The quantitative estimate of drug-likeness (QED) is 0.568. The van der Waals surface area contributed by atoms with Crippen molar-refractivity contribution in [3.8, 4) is 0 Å². The maximum atomic E-state index is 5.85. The normalized spacial score (nSPS) is 12.9. The van der Waals surface area contributed by atoms with Crippen LogP contribution < -0.4 is 0 Å². The molecule has 0 saturated heterocycles. The van der Waals surface area contributed by atoms with Crippen molar-refractivity contribution in [1.29, 1.82) is 0 Å². The van der Waals surface area contributed by atoms with Crippen LogP contribution in [0.3, 0.4) is 0 Å². The highest BCUT2D eigenvalue weighted by Gasteiger charge is 2.24. The van der Waals surface area contributed by atoms with Crippen LogP contribution in [0.4, 0.5) is 0 Å². The van der Waals surface area contributed by atoms with Crippen LogP contribution in [-0.2, 0) is 26.6 Å². The van der Waals surface area contributed by atoms with Crippen LogP contribution in [0.2, 0.25) is 0 Å². The number of rotatable bonds is 7. The van der Waals surface area contributed by atoms with Crippen LogP contribution in [0, 0.1) is 3.95 Å². The van der Waals surface area contributed by atoms with E-state index in [1.54, 1.807) is 4.52 Å². The van der Waals surface area contributed by atoms with E-state index in [-0.39, 0.29) is 12.2 Å². The van der Waals surface area contributed by atoms with Crippen LogP contribution in [0.25, 0.3) is 4.96 Å². The van der Waals surface area contributed by atoms with Gasteiger partial charge in [-0.05, 0) is 51.7 Å². The summed E-state index contributed by atoms with van der Waals surface area (Å²) in [5.41, 5.74) is -2.41. The Morgan fingerprint density at radius 2 is 1.90 bits per heavy atom. The number of nitrogens with one attached hydrogen (secondary N) is 1. The summed E-state index contributed by atoms with van der Waals surface area (Å²) in [5, 5.41) is 11.3. The average Bonchev–Trinajstić information content (AvgIpc) is 2.83. The van der Waals surface area contributed by atoms with E-state index < -0.39 is 5.69 Å². The minimum Gasteiger partial charge on any atom is -0.319 e. The van der Waals surface area contributed by atoms with Crippen molar-refractivity contribution in [2.75, 3.05) is 0 Å². The highest BCUT2D eigenvalue weighted by atomic mass is 32.9. The van der Waals surface area contributed by atoms with Gasteiger partial charge in [0.1, 0.15) is 0 Å². The predicted molar refractivity (Wildman–Crippen MR) is 94.1 cm³/mol. The Kier molecular flexibility index (Phi) is 5.98. The molecule has 0 atom stereocenters. The fourth-order valence-electron chi connectivity index (χ4n) is 1.51. The molecule has 0 amide bonds. The molecule has 0 aliphatic rings. The zero-order valence-corrected chi connectivity index (χ0v) is 16.3. The number of hydrogen-bond donors (Lipinski definition) is 1. The monoisotopic (exact) mass is 384 g/mol. The summed E-state index contributed by atoms with van der Waals surface area (Å²) in [7, 11) is 0. The Hall–Kier alpha value is 0.170. The Bertz CT molecular complexity index is 693. The van der Waals surface area contributed by atoms with Crippen molar-refractivity contribution in [3.63, 3.8) is 0 Å². The molecule has 2 rings (SSSR count). The summed E-state index contributed by atoms with van der Waals surface area (Å²) in [6.07, 6.45) is 0.0416. The fourth-order valence-corrected chi connectivity index (χ4v) is 7.84. The van der Waals surface area contributed by atoms with E-state index >= 15 is 0 Å². The molecule has 0 aliphatic heterocycles. The third kappa shape index (κ3) is 4.82. The zero-order chi connectivity index (χ0) is 15.6. The van der Waals surface area contributed by atoms with Gasteiger partial charge in [-0.25, -0.2) is 4.52 Å². The summed E-state index contributed by atoms with van der Waals surface area (Å²) in [6.45, 7) is 7.82. The standard InChI is InChI=1S/C10H17N4O2PS4/c1-6(2)15-17(19,16-7(3)4)20-5-8-11-12-9-14(8)13-10(18)21-9/h6-7H,5H2,1-4H3,(H,13,18). The number of hydrogen-bond acceptors (Lipinski definition) is 8. The zero-order valence-electron chi connectivity index (χ0n) is 12.1. The van der Waals surface area contributed by atoms with E-state index in [0.717, 1.165) is 10.8 Å². The summed E-state index contributed by atoms with van der Waals surface area (Å²) in [5.74, 6) is 1.32. The maximum Gasteiger partial charge on any atom is 0.248 e. The molecular formula is C10H17N4O2PS4. The summed E-state index contributed by atoms with van der Waals surface area (Å²) in [4.78, 5) is 0.749. The Balaban J connectivity index is 2.14.